The lowest BCUT2D eigenvalue weighted by atomic mass is 9.86. The Bertz CT molecular complexity index is 1100. The van der Waals surface area contributed by atoms with Crippen LogP contribution in [0.3, 0.4) is 0 Å². The van der Waals surface area contributed by atoms with Crippen LogP contribution in [-0.4, -0.2) is 16.5 Å². The van der Waals surface area contributed by atoms with Gasteiger partial charge in [0.15, 0.2) is 5.78 Å². The van der Waals surface area contributed by atoms with Crippen LogP contribution in [0.1, 0.15) is 89.9 Å². The van der Waals surface area contributed by atoms with Gasteiger partial charge in [0.2, 0.25) is 0 Å². The van der Waals surface area contributed by atoms with Crippen molar-refractivity contribution >= 4 is 16.6 Å². The number of ether oxygens (including phenoxy) is 1. The van der Waals surface area contributed by atoms with E-state index in [1.54, 1.807) is 6.07 Å². The molecule has 1 heterocycles. The van der Waals surface area contributed by atoms with Crippen molar-refractivity contribution in [3.63, 3.8) is 0 Å². The molecule has 176 valence electrons. The molecule has 0 spiro atoms. The number of fused-ring (bicyclic) bond motifs is 3. The fraction of sp³-hybridized carbons (Fsp3) is 0.433. The van der Waals surface area contributed by atoms with Gasteiger partial charge in [-0.3, -0.25) is 4.79 Å². The summed E-state index contributed by atoms with van der Waals surface area (Å²) in [5, 5.41) is 11.8. The molecule has 3 nitrogen and oxygen atoms in total. The number of carbonyl (C=O) groups excluding carboxylic acids is 1. The fourth-order valence-corrected chi connectivity index (χ4v) is 4.47. The summed E-state index contributed by atoms with van der Waals surface area (Å²) < 4.78 is 6.43. The Kier molecular flexibility index (Phi) is 8.18. The monoisotopic (exact) mass is 446 g/mol. The van der Waals surface area contributed by atoms with Crippen molar-refractivity contribution in [2.75, 3.05) is 0 Å². The highest BCUT2D eigenvalue weighted by molar-refractivity contribution is 6.08. The average Bonchev–Trinajstić information content (AvgIpc) is 2.75. The Morgan fingerprint density at radius 3 is 2.24 bits per heavy atom. The Balaban J connectivity index is 1.59. The third kappa shape index (κ3) is 6.60. The van der Waals surface area contributed by atoms with Crippen molar-refractivity contribution in [3.05, 3.63) is 70.8 Å². The quantitative estimate of drug-likeness (QED) is 0.393. The summed E-state index contributed by atoms with van der Waals surface area (Å²) in [4.78, 5) is 12.9. The van der Waals surface area contributed by atoms with E-state index in [1.165, 1.54) is 16.7 Å². The topological polar surface area (TPSA) is 46.5 Å². The normalized spacial score (nSPS) is 18.8. The SMILES string of the molecule is CC(C)=CCC/C(C)=C/CC/C(C)=C/CCC1(C)CC(=O)c2cc(O)c3ccccc3c2O1. The number of carbonyl (C=O) groups is 1. The molecule has 0 radical (unpaired) electrons. The number of Topliss-reactive ketones (excluding diaryl/α,β-unsaturated/α-hetero) is 1. The van der Waals surface area contributed by atoms with Crippen LogP contribution in [0, 0.1) is 0 Å². The Morgan fingerprint density at radius 1 is 0.970 bits per heavy atom. The van der Waals surface area contributed by atoms with E-state index in [1.807, 2.05) is 31.2 Å². The van der Waals surface area contributed by atoms with Gasteiger partial charge < -0.3 is 9.84 Å². The van der Waals surface area contributed by atoms with Crippen molar-refractivity contribution < 1.29 is 14.6 Å². The van der Waals surface area contributed by atoms with Crippen molar-refractivity contribution in [3.8, 4) is 11.5 Å². The smallest absolute Gasteiger partial charge is 0.170 e. The van der Waals surface area contributed by atoms with Gasteiger partial charge in [-0.1, -0.05) is 59.2 Å². The molecule has 2 aromatic carbocycles. The van der Waals surface area contributed by atoms with Crippen molar-refractivity contribution in [2.24, 2.45) is 0 Å². The van der Waals surface area contributed by atoms with Gasteiger partial charge in [0.1, 0.15) is 17.1 Å². The molecule has 0 amide bonds. The molecule has 3 rings (SSSR count). The number of aromatic hydroxyl groups is 1. The Hall–Kier alpha value is -2.81. The average molecular weight is 447 g/mol. The van der Waals surface area contributed by atoms with Crippen molar-refractivity contribution in [1.82, 2.24) is 0 Å². The van der Waals surface area contributed by atoms with E-state index in [2.05, 4.69) is 45.9 Å². The largest absolute Gasteiger partial charge is 0.507 e. The molecule has 2 aromatic rings. The second-order valence-corrected chi connectivity index (χ2v) is 9.97. The zero-order valence-electron chi connectivity index (χ0n) is 20.8. The van der Waals surface area contributed by atoms with E-state index in [0.29, 0.717) is 23.1 Å². The van der Waals surface area contributed by atoms with Crippen LogP contribution in [0.2, 0.25) is 0 Å². The highest BCUT2D eigenvalue weighted by Crippen LogP contribution is 2.43. The molecule has 0 bridgehead atoms. The molecule has 0 aliphatic carbocycles. The third-order valence-corrected chi connectivity index (χ3v) is 6.45. The van der Waals surface area contributed by atoms with Crippen LogP contribution < -0.4 is 4.74 Å². The number of benzene rings is 2. The van der Waals surface area contributed by atoms with Gasteiger partial charge in [-0.15, -0.1) is 0 Å². The van der Waals surface area contributed by atoms with E-state index < -0.39 is 5.60 Å². The standard InChI is InChI=1S/C30H38O3/c1-21(2)11-8-12-22(3)13-9-14-23(4)15-10-18-30(5)20-28(32)26-19-27(31)24-16-6-7-17-25(24)29(26)33-30/h6-7,11,13,15-17,19,31H,8-10,12,14,18,20H2,1-5H3/b22-13+,23-15+. The van der Waals surface area contributed by atoms with E-state index in [0.717, 1.165) is 43.9 Å². The third-order valence-electron chi connectivity index (χ3n) is 6.45. The molecule has 33 heavy (non-hydrogen) atoms. The lowest BCUT2D eigenvalue weighted by molar-refractivity contribution is 0.0486. The first-order valence-corrected chi connectivity index (χ1v) is 12.1. The van der Waals surface area contributed by atoms with E-state index in [-0.39, 0.29) is 11.5 Å². The highest BCUT2D eigenvalue weighted by Gasteiger charge is 2.37. The molecule has 1 unspecified atom stereocenters. The van der Waals surface area contributed by atoms with Gasteiger partial charge in [-0.25, -0.2) is 0 Å². The maximum Gasteiger partial charge on any atom is 0.170 e. The van der Waals surface area contributed by atoms with Gasteiger partial charge in [-0.2, -0.15) is 0 Å². The number of hydrogen-bond donors (Lipinski definition) is 1. The van der Waals surface area contributed by atoms with Crippen molar-refractivity contribution in [1.29, 1.82) is 0 Å². The molecule has 1 aliphatic rings. The molecular formula is C30H38O3. The summed E-state index contributed by atoms with van der Waals surface area (Å²) in [6.45, 7) is 10.7. The molecule has 0 fully saturated rings. The first-order chi connectivity index (χ1) is 15.7. The number of ketones is 1. The van der Waals surface area contributed by atoms with Crippen LogP contribution in [0.25, 0.3) is 10.8 Å². The first-order valence-electron chi connectivity index (χ1n) is 12.1. The van der Waals surface area contributed by atoms with Crippen LogP contribution in [0.5, 0.6) is 11.5 Å². The van der Waals surface area contributed by atoms with Crippen molar-refractivity contribution in [2.45, 2.75) is 85.2 Å². The molecule has 1 N–H and O–H groups in total. The number of rotatable bonds is 9. The van der Waals surface area contributed by atoms with Gasteiger partial charge in [0.05, 0.1) is 12.0 Å². The second kappa shape index (κ2) is 10.9. The molecule has 0 aromatic heterocycles. The number of phenols is 1. The van der Waals surface area contributed by atoms with Crippen LogP contribution in [0.4, 0.5) is 0 Å². The lowest BCUT2D eigenvalue weighted by Crippen LogP contribution is -2.39. The minimum Gasteiger partial charge on any atom is -0.507 e. The van der Waals surface area contributed by atoms with Crippen LogP contribution >= 0.6 is 0 Å². The van der Waals surface area contributed by atoms with Gasteiger partial charge in [0.25, 0.3) is 0 Å². The van der Waals surface area contributed by atoms with Gasteiger partial charge in [0, 0.05) is 10.8 Å². The zero-order chi connectivity index (χ0) is 24.0. The van der Waals surface area contributed by atoms with Crippen LogP contribution in [-0.2, 0) is 0 Å². The van der Waals surface area contributed by atoms with Gasteiger partial charge in [-0.05, 0) is 79.2 Å². The van der Waals surface area contributed by atoms with Crippen LogP contribution in [0.15, 0.2) is 65.3 Å². The maximum absolute atomic E-state index is 12.9. The summed E-state index contributed by atoms with van der Waals surface area (Å²) in [5.41, 5.74) is 4.17. The summed E-state index contributed by atoms with van der Waals surface area (Å²) in [7, 11) is 0. The summed E-state index contributed by atoms with van der Waals surface area (Å²) in [6, 6.07) is 9.11. The number of allylic oxidation sites excluding steroid dienone is 6. The fourth-order valence-electron chi connectivity index (χ4n) is 4.47. The molecule has 3 heteroatoms. The zero-order valence-corrected chi connectivity index (χ0v) is 20.8. The maximum atomic E-state index is 12.9. The van der Waals surface area contributed by atoms with Gasteiger partial charge >= 0.3 is 0 Å². The summed E-state index contributed by atoms with van der Waals surface area (Å²) in [6.07, 6.45) is 13.3. The van der Waals surface area contributed by atoms with E-state index in [4.69, 9.17) is 4.74 Å². The minimum atomic E-state index is -0.540. The molecule has 0 saturated heterocycles. The number of phenolic OH excluding ortho intramolecular Hbond substituents is 1. The summed E-state index contributed by atoms with van der Waals surface area (Å²) >= 11 is 0. The Morgan fingerprint density at radius 2 is 1.58 bits per heavy atom. The molecule has 1 atom stereocenters. The van der Waals surface area contributed by atoms with E-state index >= 15 is 0 Å². The van der Waals surface area contributed by atoms with E-state index in [9.17, 15) is 9.90 Å². The summed E-state index contributed by atoms with van der Waals surface area (Å²) in [5.74, 6) is 0.774. The predicted molar refractivity (Wildman–Crippen MR) is 138 cm³/mol. The molecular weight excluding hydrogens is 408 g/mol. The number of hydrogen-bond acceptors (Lipinski definition) is 3. The molecule has 1 aliphatic heterocycles. The first kappa shape index (κ1) is 24.8. The Labute approximate surface area is 198 Å². The highest BCUT2D eigenvalue weighted by atomic mass is 16.5. The second-order valence-electron chi connectivity index (χ2n) is 9.97. The minimum absolute atomic E-state index is 0.0363. The molecule has 0 saturated carbocycles. The predicted octanol–water partition coefficient (Wildman–Crippen LogP) is 8.47. The lowest BCUT2D eigenvalue weighted by Gasteiger charge is -2.35.